The maximum Gasteiger partial charge on any atom is 0.408 e. The Morgan fingerprint density at radius 3 is 2.68 bits per heavy atom. The molecule has 5 nitrogen and oxygen atoms in total. The maximum atomic E-state index is 12.0. The number of pyridine rings is 1. The van der Waals surface area contributed by atoms with E-state index in [4.69, 9.17) is 9.47 Å². The van der Waals surface area contributed by atoms with Crippen LogP contribution < -0.4 is 10.1 Å². The van der Waals surface area contributed by atoms with E-state index in [0.717, 1.165) is 16.7 Å². The Morgan fingerprint density at radius 2 is 1.86 bits per heavy atom. The van der Waals surface area contributed by atoms with Gasteiger partial charge in [-0.25, -0.2) is 9.78 Å². The Morgan fingerprint density at radius 1 is 1.00 bits per heavy atom. The minimum Gasteiger partial charge on any atom is -0.497 e. The summed E-state index contributed by atoms with van der Waals surface area (Å²) >= 11 is 0. The first-order chi connectivity index (χ1) is 13.7. The summed E-state index contributed by atoms with van der Waals surface area (Å²) in [5, 5.41) is 2.88. The molecule has 4 rings (SSSR count). The van der Waals surface area contributed by atoms with Crippen LogP contribution in [0.1, 0.15) is 34.5 Å². The lowest BCUT2D eigenvalue weighted by molar-refractivity contribution is 0.132. The lowest BCUT2D eigenvalue weighted by Crippen LogP contribution is -2.19. The predicted octanol–water partition coefficient (Wildman–Crippen LogP) is 4.01. The molecule has 2 atom stereocenters. The normalized spacial score (nSPS) is 17.8. The second-order valence-electron chi connectivity index (χ2n) is 6.31. The summed E-state index contributed by atoms with van der Waals surface area (Å²) in [6.07, 6.45) is 0.781. The molecule has 1 saturated heterocycles. The van der Waals surface area contributed by atoms with Gasteiger partial charge in [-0.05, 0) is 53.4 Å². The minimum atomic E-state index is -0.458. The quantitative estimate of drug-likeness (QED) is 0.708. The first-order valence-corrected chi connectivity index (χ1v) is 8.87. The van der Waals surface area contributed by atoms with Gasteiger partial charge in [-0.15, -0.1) is 0 Å². The molecule has 1 aliphatic heterocycles. The first kappa shape index (κ1) is 17.6. The number of benzene rings is 2. The number of alkyl carbamates (subject to hydrolysis) is 1. The molecule has 1 N–H and O–H groups in total. The highest BCUT2D eigenvalue weighted by Gasteiger charge is 2.36. The van der Waals surface area contributed by atoms with E-state index in [2.05, 4.69) is 22.1 Å². The average Bonchev–Trinajstić information content (AvgIpc) is 3.15. The van der Waals surface area contributed by atoms with Crippen molar-refractivity contribution in [2.24, 2.45) is 0 Å². The zero-order valence-corrected chi connectivity index (χ0v) is 15.3. The molecule has 2 aromatic carbocycles. The van der Waals surface area contributed by atoms with Gasteiger partial charge in [-0.2, -0.15) is 0 Å². The molecule has 0 aliphatic carbocycles. The van der Waals surface area contributed by atoms with Crippen molar-refractivity contribution in [3.8, 4) is 17.6 Å². The molecule has 5 heteroatoms. The van der Waals surface area contributed by atoms with Crippen molar-refractivity contribution < 1.29 is 14.3 Å². The summed E-state index contributed by atoms with van der Waals surface area (Å²) in [5.41, 5.74) is 3.29. The summed E-state index contributed by atoms with van der Waals surface area (Å²) < 4.78 is 10.8. The number of amides is 1. The standard InChI is InChI=1S/C23H18N2O3/c1-27-20-9-5-8-18(15-20)22-21(25-23(26)28-22)17-12-13-24-19(14-17)11-10-16-6-3-2-4-7-16/h2-9,12-15,21-22H,1H3,(H,25,26)/t21-,22-/m1/s1. The van der Waals surface area contributed by atoms with E-state index in [-0.39, 0.29) is 6.04 Å². The van der Waals surface area contributed by atoms with Crippen LogP contribution in [0, 0.1) is 11.8 Å². The summed E-state index contributed by atoms with van der Waals surface area (Å²) in [6.45, 7) is 0. The number of carbonyl (C=O) groups excluding carboxylic acids is 1. The summed E-state index contributed by atoms with van der Waals surface area (Å²) in [6, 6.07) is 20.6. The fraction of sp³-hybridized carbons (Fsp3) is 0.130. The molecule has 28 heavy (non-hydrogen) atoms. The van der Waals surface area contributed by atoms with Crippen molar-refractivity contribution in [1.29, 1.82) is 0 Å². The Bertz CT molecular complexity index is 1050. The third kappa shape index (κ3) is 3.81. The number of hydrogen-bond acceptors (Lipinski definition) is 4. The topological polar surface area (TPSA) is 60.5 Å². The van der Waals surface area contributed by atoms with E-state index < -0.39 is 12.2 Å². The number of ether oxygens (including phenoxy) is 2. The zero-order chi connectivity index (χ0) is 19.3. The van der Waals surface area contributed by atoms with Crippen molar-refractivity contribution in [2.45, 2.75) is 12.1 Å². The lowest BCUT2D eigenvalue weighted by Gasteiger charge is -2.18. The van der Waals surface area contributed by atoms with Gasteiger partial charge in [0.1, 0.15) is 11.4 Å². The second kappa shape index (κ2) is 7.85. The van der Waals surface area contributed by atoms with E-state index in [1.807, 2.05) is 66.7 Å². The number of cyclic esters (lactones) is 1. The summed E-state index contributed by atoms with van der Waals surface area (Å²) in [7, 11) is 1.61. The van der Waals surface area contributed by atoms with Gasteiger partial charge >= 0.3 is 6.09 Å². The monoisotopic (exact) mass is 370 g/mol. The number of nitrogens with zero attached hydrogens (tertiary/aromatic N) is 1. The van der Waals surface area contributed by atoms with E-state index in [0.29, 0.717) is 11.4 Å². The van der Waals surface area contributed by atoms with Crippen molar-refractivity contribution in [3.05, 3.63) is 95.3 Å². The second-order valence-corrected chi connectivity index (χ2v) is 6.31. The number of aromatic nitrogens is 1. The van der Waals surface area contributed by atoms with Crippen molar-refractivity contribution >= 4 is 6.09 Å². The van der Waals surface area contributed by atoms with Crippen LogP contribution in [0.3, 0.4) is 0 Å². The number of rotatable bonds is 3. The molecular weight excluding hydrogens is 352 g/mol. The van der Waals surface area contributed by atoms with Crippen molar-refractivity contribution in [2.75, 3.05) is 7.11 Å². The molecular formula is C23H18N2O3. The molecule has 0 spiro atoms. The van der Waals surface area contributed by atoms with E-state index in [9.17, 15) is 4.79 Å². The molecule has 0 saturated carbocycles. The van der Waals surface area contributed by atoms with Crippen LogP contribution in [0.25, 0.3) is 0 Å². The van der Waals surface area contributed by atoms with E-state index in [1.54, 1.807) is 13.3 Å². The predicted molar refractivity (Wildman–Crippen MR) is 105 cm³/mol. The van der Waals surface area contributed by atoms with Crippen LogP contribution in [-0.4, -0.2) is 18.2 Å². The number of hydrogen-bond donors (Lipinski definition) is 1. The Balaban J connectivity index is 1.64. The Labute approximate surface area is 163 Å². The number of carbonyl (C=O) groups is 1. The summed E-state index contributed by atoms with van der Waals surface area (Å²) in [5.74, 6) is 6.88. The largest absolute Gasteiger partial charge is 0.497 e. The molecule has 1 aromatic heterocycles. The highest BCUT2D eigenvalue weighted by molar-refractivity contribution is 5.71. The summed E-state index contributed by atoms with van der Waals surface area (Å²) in [4.78, 5) is 16.3. The maximum absolute atomic E-state index is 12.0. The molecule has 1 aliphatic rings. The zero-order valence-electron chi connectivity index (χ0n) is 15.3. The van der Waals surface area contributed by atoms with Crippen molar-refractivity contribution in [1.82, 2.24) is 10.3 Å². The fourth-order valence-electron chi connectivity index (χ4n) is 3.12. The smallest absolute Gasteiger partial charge is 0.408 e. The molecule has 3 aromatic rings. The lowest BCUT2D eigenvalue weighted by atomic mass is 9.96. The Kier molecular flexibility index (Phi) is 4.94. The molecule has 0 radical (unpaired) electrons. The van der Waals surface area contributed by atoms with E-state index >= 15 is 0 Å². The van der Waals surface area contributed by atoms with Gasteiger partial charge in [-0.3, -0.25) is 0 Å². The van der Waals surface area contributed by atoms with Crippen LogP contribution >= 0.6 is 0 Å². The average molecular weight is 370 g/mol. The van der Waals surface area contributed by atoms with Gasteiger partial charge in [-0.1, -0.05) is 36.3 Å². The number of methoxy groups -OCH3 is 1. The highest BCUT2D eigenvalue weighted by Crippen LogP contribution is 2.37. The van der Waals surface area contributed by atoms with Gasteiger partial charge in [0.25, 0.3) is 0 Å². The fourth-order valence-corrected chi connectivity index (χ4v) is 3.12. The number of nitrogens with one attached hydrogen (secondary N) is 1. The van der Waals surface area contributed by atoms with Gasteiger partial charge in [0.05, 0.1) is 13.2 Å². The molecule has 0 unspecified atom stereocenters. The molecule has 0 bridgehead atoms. The molecule has 1 amide bonds. The Hall–Kier alpha value is -3.78. The third-order valence-corrected chi connectivity index (χ3v) is 4.48. The van der Waals surface area contributed by atoms with Crippen LogP contribution in [0.4, 0.5) is 4.79 Å². The van der Waals surface area contributed by atoms with Gasteiger partial charge in [0, 0.05) is 11.8 Å². The third-order valence-electron chi connectivity index (χ3n) is 4.48. The molecule has 1 fully saturated rings. The molecule has 2 heterocycles. The van der Waals surface area contributed by atoms with Crippen LogP contribution in [0.15, 0.2) is 72.9 Å². The van der Waals surface area contributed by atoms with Crippen LogP contribution in [0.5, 0.6) is 5.75 Å². The van der Waals surface area contributed by atoms with Crippen molar-refractivity contribution in [3.63, 3.8) is 0 Å². The van der Waals surface area contributed by atoms with Crippen LogP contribution in [0.2, 0.25) is 0 Å². The van der Waals surface area contributed by atoms with Gasteiger partial charge in [0.15, 0.2) is 6.10 Å². The molecule has 138 valence electrons. The van der Waals surface area contributed by atoms with Gasteiger partial charge in [0.2, 0.25) is 0 Å². The van der Waals surface area contributed by atoms with Crippen LogP contribution in [-0.2, 0) is 4.74 Å². The SMILES string of the molecule is COc1cccc([C@H]2OC(=O)N[C@@H]2c2ccnc(C#Cc3ccccc3)c2)c1. The highest BCUT2D eigenvalue weighted by atomic mass is 16.6. The minimum absolute atomic E-state index is 0.333. The van der Waals surface area contributed by atoms with Gasteiger partial charge < -0.3 is 14.8 Å². The van der Waals surface area contributed by atoms with E-state index in [1.165, 1.54) is 0 Å². The first-order valence-electron chi connectivity index (χ1n) is 8.87.